The second kappa shape index (κ2) is 10.6. The highest BCUT2D eigenvalue weighted by molar-refractivity contribution is 5.97. The summed E-state index contributed by atoms with van der Waals surface area (Å²) in [6.07, 6.45) is 1.60. The number of alkyl halides is 3. The first kappa shape index (κ1) is 25.5. The monoisotopic (exact) mass is 509 g/mol. The molecule has 3 N–H and O–H groups in total. The van der Waals surface area contributed by atoms with Gasteiger partial charge in [-0.1, -0.05) is 24.3 Å². The number of fused-ring (bicyclic) bond motifs is 2. The quantitative estimate of drug-likeness (QED) is 0.345. The van der Waals surface area contributed by atoms with Crippen LogP contribution in [0.3, 0.4) is 0 Å². The Labute approximate surface area is 209 Å². The van der Waals surface area contributed by atoms with Gasteiger partial charge in [-0.3, -0.25) is 9.78 Å². The number of carbonyl (C=O) groups excluding carboxylic acids is 1. The average molecular weight is 509 g/mol. The zero-order valence-corrected chi connectivity index (χ0v) is 19.6. The van der Waals surface area contributed by atoms with Crippen molar-refractivity contribution in [2.45, 2.75) is 12.6 Å². The summed E-state index contributed by atoms with van der Waals surface area (Å²) < 4.78 is 37.0. The third kappa shape index (κ3) is 6.16. The summed E-state index contributed by atoms with van der Waals surface area (Å²) >= 11 is 0. The van der Waals surface area contributed by atoms with E-state index in [1.165, 1.54) is 0 Å². The van der Waals surface area contributed by atoms with Crippen molar-refractivity contribution in [3.63, 3.8) is 0 Å². The van der Waals surface area contributed by atoms with Gasteiger partial charge in [0, 0.05) is 36.1 Å². The summed E-state index contributed by atoms with van der Waals surface area (Å²) in [5.74, 6) is -1.91. The Kier molecular flexibility index (Phi) is 7.28. The Morgan fingerprint density at radius 3 is 2.49 bits per heavy atom. The third-order valence-electron chi connectivity index (χ3n) is 5.66. The van der Waals surface area contributed by atoms with E-state index in [2.05, 4.69) is 45.6 Å². The Hall–Kier alpha value is -4.60. The Balaban J connectivity index is 0.000000405. The topological polar surface area (TPSA) is 104 Å². The van der Waals surface area contributed by atoms with Crippen LogP contribution in [0.5, 0.6) is 5.75 Å². The van der Waals surface area contributed by atoms with Gasteiger partial charge < -0.3 is 20.1 Å². The maximum absolute atomic E-state index is 12.0. The number of pyridine rings is 1. The molecule has 0 radical (unpaired) electrons. The molecule has 37 heavy (non-hydrogen) atoms. The molecule has 1 aliphatic heterocycles. The molecule has 0 saturated heterocycles. The minimum absolute atomic E-state index is 0.0122. The molecule has 0 fully saturated rings. The van der Waals surface area contributed by atoms with Crippen LogP contribution in [0.15, 0.2) is 60.8 Å². The van der Waals surface area contributed by atoms with Crippen molar-refractivity contribution >= 4 is 34.8 Å². The molecule has 190 valence electrons. The van der Waals surface area contributed by atoms with Crippen LogP contribution in [0.1, 0.15) is 27.3 Å². The molecular weight excluding hydrogens is 487 g/mol. The molecule has 0 bridgehead atoms. The summed E-state index contributed by atoms with van der Waals surface area (Å²) in [7, 11) is 1.68. The van der Waals surface area contributed by atoms with Crippen LogP contribution in [0.25, 0.3) is 34.2 Å². The van der Waals surface area contributed by atoms with Gasteiger partial charge in [0.2, 0.25) is 0 Å². The third-order valence-corrected chi connectivity index (χ3v) is 5.66. The number of amides is 1. The lowest BCUT2D eigenvalue weighted by Gasteiger charge is -2.10. The number of H-pyrrole nitrogens is 1. The summed E-state index contributed by atoms with van der Waals surface area (Å²) in [6, 6.07) is 18.3. The van der Waals surface area contributed by atoms with Crippen molar-refractivity contribution in [1.29, 1.82) is 0 Å². The number of hydrogen-bond acceptors (Lipinski definition) is 4. The van der Waals surface area contributed by atoms with Gasteiger partial charge in [-0.25, -0.2) is 4.79 Å². The zero-order chi connectivity index (χ0) is 26.6. The van der Waals surface area contributed by atoms with Gasteiger partial charge in [-0.2, -0.15) is 13.2 Å². The number of aliphatic carboxylic acids is 1. The van der Waals surface area contributed by atoms with Crippen molar-refractivity contribution in [3.05, 3.63) is 83.3 Å². The summed E-state index contributed by atoms with van der Waals surface area (Å²) in [5.41, 5.74) is 5.64. The number of carbonyl (C=O) groups is 2. The van der Waals surface area contributed by atoms with Gasteiger partial charge in [0.05, 0.1) is 18.4 Å². The van der Waals surface area contributed by atoms with Gasteiger partial charge in [0.15, 0.2) is 0 Å². The van der Waals surface area contributed by atoms with E-state index in [0.717, 1.165) is 56.7 Å². The predicted octanol–water partition coefficient (Wildman–Crippen LogP) is 5.33. The number of hydrogen-bond donors (Lipinski definition) is 3. The normalized spacial score (nSPS) is 13.0. The largest absolute Gasteiger partial charge is 0.497 e. The van der Waals surface area contributed by atoms with E-state index < -0.39 is 12.1 Å². The van der Waals surface area contributed by atoms with Crippen LogP contribution in [0.2, 0.25) is 0 Å². The number of nitrogens with one attached hydrogen (secondary N) is 2. The van der Waals surface area contributed by atoms with E-state index in [0.29, 0.717) is 6.54 Å². The van der Waals surface area contributed by atoms with Crippen molar-refractivity contribution in [1.82, 2.24) is 15.3 Å². The molecule has 0 unspecified atom stereocenters. The lowest BCUT2D eigenvalue weighted by molar-refractivity contribution is -0.192. The number of carboxylic acid groups (broad SMARTS) is 1. The van der Waals surface area contributed by atoms with Crippen molar-refractivity contribution < 1.29 is 32.6 Å². The lowest BCUT2D eigenvalue weighted by Crippen LogP contribution is -2.31. The SMILES string of the molecule is COc1ccc2cc(/C=C/c3cc(-c4cc5c([nH]4)CCNC5=O)ccn3)ccc2c1.O=C(O)C(F)(F)F. The van der Waals surface area contributed by atoms with Crippen LogP contribution in [0.4, 0.5) is 13.2 Å². The van der Waals surface area contributed by atoms with Crippen molar-refractivity contribution in [2.75, 3.05) is 13.7 Å². The summed E-state index contributed by atoms with van der Waals surface area (Å²) in [4.78, 5) is 28.8. The standard InChI is InChI=1S/C25H21N3O2.C2HF3O2/c1-30-21-7-5-17-12-16(2-4-18(17)14-21)3-6-20-13-19(8-10-26-20)24-15-22-23(28-24)9-11-27-25(22)29;3-2(4,5)1(6)7/h2-8,10,12-15,28H,9,11H2,1H3,(H,27,29);(H,6,7)/b6-3+;. The van der Waals surface area contributed by atoms with Gasteiger partial charge in [-0.15, -0.1) is 0 Å². The van der Waals surface area contributed by atoms with Crippen molar-refractivity contribution in [2.24, 2.45) is 0 Å². The fourth-order valence-corrected chi connectivity index (χ4v) is 3.81. The van der Waals surface area contributed by atoms with Crippen LogP contribution >= 0.6 is 0 Å². The molecule has 0 atom stereocenters. The molecule has 3 heterocycles. The second-order valence-electron chi connectivity index (χ2n) is 8.16. The second-order valence-corrected chi connectivity index (χ2v) is 8.16. The van der Waals surface area contributed by atoms with Gasteiger partial charge >= 0.3 is 12.1 Å². The molecule has 0 saturated carbocycles. The van der Waals surface area contributed by atoms with Gasteiger partial charge in [0.1, 0.15) is 5.75 Å². The van der Waals surface area contributed by atoms with E-state index in [-0.39, 0.29) is 5.91 Å². The summed E-state index contributed by atoms with van der Waals surface area (Å²) in [5, 5.41) is 12.3. The number of rotatable bonds is 4. The van der Waals surface area contributed by atoms with Crippen LogP contribution in [-0.2, 0) is 11.2 Å². The van der Waals surface area contributed by atoms with Crippen LogP contribution in [0, 0.1) is 0 Å². The molecule has 10 heteroatoms. The predicted molar refractivity (Wildman–Crippen MR) is 133 cm³/mol. The maximum Gasteiger partial charge on any atom is 0.490 e. The number of nitrogens with zero attached hydrogens (tertiary/aromatic N) is 1. The first-order chi connectivity index (χ1) is 17.6. The van der Waals surface area contributed by atoms with E-state index >= 15 is 0 Å². The first-order valence-electron chi connectivity index (χ1n) is 11.2. The number of halogens is 3. The van der Waals surface area contributed by atoms with Crippen molar-refractivity contribution in [3.8, 4) is 17.0 Å². The number of methoxy groups -OCH3 is 1. The number of aromatic amines is 1. The van der Waals surface area contributed by atoms with E-state index in [1.54, 1.807) is 13.3 Å². The summed E-state index contributed by atoms with van der Waals surface area (Å²) in [6.45, 7) is 0.675. The zero-order valence-electron chi connectivity index (χ0n) is 19.6. The average Bonchev–Trinajstić information content (AvgIpc) is 3.33. The molecule has 1 amide bonds. The number of aromatic nitrogens is 2. The number of carboxylic acids is 1. The molecule has 0 aliphatic carbocycles. The maximum atomic E-state index is 12.0. The highest BCUT2D eigenvalue weighted by atomic mass is 19.4. The molecule has 0 spiro atoms. The minimum atomic E-state index is -5.08. The van der Waals surface area contributed by atoms with Crippen LogP contribution in [-0.4, -0.2) is 46.8 Å². The first-order valence-corrected chi connectivity index (χ1v) is 11.2. The Bertz CT molecular complexity index is 1490. The molecule has 2 aromatic heterocycles. The van der Waals surface area contributed by atoms with Crippen LogP contribution < -0.4 is 10.1 Å². The Morgan fingerprint density at radius 2 is 1.78 bits per heavy atom. The fraction of sp³-hybridized carbons (Fsp3) is 0.148. The highest BCUT2D eigenvalue weighted by Crippen LogP contribution is 2.25. The Morgan fingerprint density at radius 1 is 1.05 bits per heavy atom. The lowest BCUT2D eigenvalue weighted by atomic mass is 10.1. The highest BCUT2D eigenvalue weighted by Gasteiger charge is 2.38. The minimum Gasteiger partial charge on any atom is -0.497 e. The van der Waals surface area contributed by atoms with E-state index in [4.69, 9.17) is 14.6 Å². The van der Waals surface area contributed by atoms with E-state index in [9.17, 15) is 18.0 Å². The molecule has 4 aromatic rings. The molecule has 2 aromatic carbocycles. The molecule has 7 nitrogen and oxygen atoms in total. The smallest absolute Gasteiger partial charge is 0.490 e. The fourth-order valence-electron chi connectivity index (χ4n) is 3.81. The number of ether oxygens (including phenoxy) is 1. The van der Waals surface area contributed by atoms with Gasteiger partial charge in [0.25, 0.3) is 5.91 Å². The van der Waals surface area contributed by atoms with E-state index in [1.807, 2.05) is 36.4 Å². The molecule has 5 rings (SSSR count). The molecule has 1 aliphatic rings. The molecular formula is C27H22F3N3O4. The van der Waals surface area contributed by atoms with Gasteiger partial charge in [-0.05, 0) is 58.8 Å². The number of benzene rings is 2.